The molecule has 0 aliphatic carbocycles. The summed E-state index contributed by atoms with van der Waals surface area (Å²) >= 11 is 0. The minimum Gasteiger partial charge on any atom is -0.481 e. The van der Waals surface area contributed by atoms with Gasteiger partial charge in [0.1, 0.15) is 18.1 Å². The molecule has 0 heterocycles. The predicted octanol–water partition coefficient (Wildman–Crippen LogP) is -4.25. The molecule has 4 amide bonds. The first-order valence-electron chi connectivity index (χ1n) is 14.6. The monoisotopic (exact) mass is 645 g/mol. The van der Waals surface area contributed by atoms with Gasteiger partial charge in [-0.15, -0.1) is 0 Å². The summed E-state index contributed by atoms with van der Waals surface area (Å²) in [5.41, 5.74) is 26.8. The molecule has 17 N–H and O–H groups in total. The van der Waals surface area contributed by atoms with Crippen LogP contribution in [0.2, 0.25) is 0 Å². The van der Waals surface area contributed by atoms with Gasteiger partial charge in [0.2, 0.25) is 23.6 Å². The van der Waals surface area contributed by atoms with Crippen LogP contribution in [0.1, 0.15) is 71.6 Å². The van der Waals surface area contributed by atoms with Crippen molar-refractivity contribution >= 4 is 41.5 Å². The van der Waals surface area contributed by atoms with Crippen molar-refractivity contribution in [3.63, 3.8) is 0 Å². The number of nitrogens with one attached hydrogen (secondary N) is 4. The predicted molar refractivity (Wildman–Crippen MR) is 166 cm³/mol. The molecule has 0 saturated carbocycles. The number of aliphatic carboxylic acids is 1. The van der Waals surface area contributed by atoms with Crippen LogP contribution in [-0.4, -0.2) is 106 Å². The number of nitrogens with zero attached hydrogens (tertiary/aromatic N) is 2. The van der Waals surface area contributed by atoms with Crippen molar-refractivity contribution in [2.45, 2.75) is 102 Å². The number of rotatable bonds is 23. The number of guanidine groups is 2. The van der Waals surface area contributed by atoms with Gasteiger partial charge < -0.3 is 65.3 Å². The Morgan fingerprint density at radius 3 is 1.53 bits per heavy atom. The largest absolute Gasteiger partial charge is 0.481 e. The minimum atomic E-state index is -2.30. The molecule has 0 aliphatic rings. The molecule has 19 nitrogen and oxygen atoms in total. The summed E-state index contributed by atoms with van der Waals surface area (Å²) in [5.74, 6) is -6.82. The number of carbonyl (C=O) groups is 5. The Balaban J connectivity index is 6.01. The zero-order valence-electron chi connectivity index (χ0n) is 26.0. The molecule has 0 fully saturated rings. The first-order chi connectivity index (χ1) is 21.0. The van der Waals surface area contributed by atoms with Crippen LogP contribution < -0.4 is 49.9 Å². The lowest BCUT2D eigenvalue weighted by molar-refractivity contribution is -0.173. The van der Waals surface area contributed by atoms with E-state index in [2.05, 4.69) is 31.3 Å². The third kappa shape index (κ3) is 19.6. The molecule has 0 aromatic carbocycles. The molecule has 45 heavy (non-hydrogen) atoms. The highest BCUT2D eigenvalue weighted by Gasteiger charge is 2.34. The van der Waals surface area contributed by atoms with Crippen molar-refractivity contribution in [2.75, 3.05) is 19.6 Å². The van der Waals surface area contributed by atoms with Gasteiger partial charge in [0.15, 0.2) is 17.7 Å². The number of nitrogens with two attached hydrogens (primary N) is 5. The van der Waals surface area contributed by atoms with Crippen LogP contribution in [0.15, 0.2) is 9.98 Å². The first kappa shape index (κ1) is 40.8. The van der Waals surface area contributed by atoms with Crippen molar-refractivity contribution in [1.29, 1.82) is 0 Å². The fraction of sp³-hybridized carbons (Fsp3) is 0.731. The number of hydrogen-bond acceptors (Lipinski definition) is 10. The maximum absolute atomic E-state index is 13.4. The van der Waals surface area contributed by atoms with Crippen molar-refractivity contribution < 1.29 is 39.3 Å². The van der Waals surface area contributed by atoms with Gasteiger partial charge in [-0.25, -0.2) is 0 Å². The van der Waals surface area contributed by atoms with E-state index in [9.17, 15) is 39.3 Å². The van der Waals surface area contributed by atoms with E-state index in [0.29, 0.717) is 25.8 Å². The molecular weight excluding hydrogens is 594 g/mol. The van der Waals surface area contributed by atoms with Gasteiger partial charge in [0, 0.05) is 26.4 Å². The second-order valence-corrected chi connectivity index (χ2v) is 10.6. The quantitative estimate of drug-likeness (QED) is 0.0217. The Bertz CT molecular complexity index is 1020. The Labute approximate surface area is 262 Å². The molecule has 0 aliphatic heterocycles. The number of amides is 4. The van der Waals surface area contributed by atoms with Crippen molar-refractivity contribution in [3.05, 3.63) is 0 Å². The summed E-state index contributed by atoms with van der Waals surface area (Å²) in [6, 6.07) is -4.90. The number of carbonyl (C=O) groups excluding carboxylic acids is 4. The first-order valence-corrected chi connectivity index (χ1v) is 14.6. The Kier molecular flexibility index (Phi) is 19.4. The molecule has 0 spiro atoms. The third-order valence-electron chi connectivity index (χ3n) is 6.42. The Morgan fingerprint density at radius 1 is 0.689 bits per heavy atom. The summed E-state index contributed by atoms with van der Waals surface area (Å²) in [6.45, 7) is 2.94. The summed E-state index contributed by atoms with van der Waals surface area (Å²) in [5, 5.41) is 39.7. The molecule has 0 saturated heterocycles. The third-order valence-corrected chi connectivity index (χ3v) is 6.42. The standard InChI is InChI=1S/C26H51N11O8/c1-15(38)34-16(7-5-13-32-24(28)29)21(41)36-18(10-11-20(39)40)22(42)35-17(8-6-14-33-25(30)31)23(43)37-19(26(2,44)45)9-3-4-12-27/h16-19,44-45H,3-14,27H2,1-2H3,(H,34,38)(H,35,42)(H,36,41)(H,37,43)(H,39,40)(H4,28,29,32)(H4,30,31,33)/t16-,17-,18-,19-/m0/s1. The van der Waals surface area contributed by atoms with Gasteiger partial charge in [-0.3, -0.25) is 34.0 Å². The van der Waals surface area contributed by atoms with E-state index in [1.807, 2.05) is 0 Å². The van der Waals surface area contributed by atoms with Crippen LogP contribution in [0.4, 0.5) is 0 Å². The fourth-order valence-electron chi connectivity index (χ4n) is 4.12. The number of aliphatic hydroxyl groups is 2. The van der Waals surface area contributed by atoms with Gasteiger partial charge in [-0.2, -0.15) is 0 Å². The van der Waals surface area contributed by atoms with Gasteiger partial charge in [-0.05, 0) is 64.8 Å². The number of carboxylic acids is 1. The number of aliphatic imine (C=N–C) groups is 2. The maximum atomic E-state index is 13.4. The van der Waals surface area contributed by atoms with E-state index >= 15 is 0 Å². The minimum absolute atomic E-state index is 0.00362. The van der Waals surface area contributed by atoms with E-state index in [-0.39, 0.29) is 57.1 Å². The van der Waals surface area contributed by atoms with Gasteiger partial charge in [0.25, 0.3) is 0 Å². The molecule has 0 aromatic heterocycles. The van der Waals surface area contributed by atoms with Crippen LogP contribution in [-0.2, 0) is 24.0 Å². The molecule has 4 atom stereocenters. The van der Waals surface area contributed by atoms with Crippen molar-refractivity contribution in [2.24, 2.45) is 38.7 Å². The van der Waals surface area contributed by atoms with Crippen LogP contribution in [0, 0.1) is 0 Å². The Morgan fingerprint density at radius 2 is 1.13 bits per heavy atom. The van der Waals surface area contributed by atoms with E-state index in [1.54, 1.807) is 0 Å². The SMILES string of the molecule is CC(=O)N[C@@H](CCCN=C(N)N)C(=O)N[C@@H](CCC(=O)O)C(=O)N[C@@H](CCCN=C(N)N)C(=O)N[C@@H](CCCCN)C(C)(O)O. The van der Waals surface area contributed by atoms with E-state index in [0.717, 1.165) is 6.92 Å². The zero-order valence-corrected chi connectivity index (χ0v) is 26.0. The molecule has 0 bridgehead atoms. The Hall–Kier alpha value is -4.23. The molecule has 258 valence electrons. The average molecular weight is 646 g/mol. The number of hydrogen-bond donors (Lipinski definition) is 12. The normalized spacial score (nSPS) is 13.7. The molecule has 0 radical (unpaired) electrons. The van der Waals surface area contributed by atoms with Crippen LogP contribution in [0.25, 0.3) is 0 Å². The van der Waals surface area contributed by atoms with E-state index in [4.69, 9.17) is 28.7 Å². The summed E-state index contributed by atoms with van der Waals surface area (Å²) in [6.07, 6.45) is 0.969. The van der Waals surface area contributed by atoms with Crippen LogP contribution in [0.5, 0.6) is 0 Å². The van der Waals surface area contributed by atoms with E-state index in [1.165, 1.54) is 6.92 Å². The lowest BCUT2D eigenvalue weighted by Crippen LogP contribution is -2.59. The molecule has 19 heteroatoms. The lowest BCUT2D eigenvalue weighted by Gasteiger charge is -2.31. The van der Waals surface area contributed by atoms with Gasteiger partial charge >= 0.3 is 5.97 Å². The topological polar surface area (TPSA) is 349 Å². The van der Waals surface area contributed by atoms with E-state index < -0.39 is 66.0 Å². The van der Waals surface area contributed by atoms with Gasteiger partial charge in [0.05, 0.1) is 6.04 Å². The second-order valence-electron chi connectivity index (χ2n) is 10.6. The molecule has 0 rings (SSSR count). The van der Waals surface area contributed by atoms with Crippen LogP contribution in [0.3, 0.4) is 0 Å². The number of carboxylic acid groups (broad SMARTS) is 1. The lowest BCUT2D eigenvalue weighted by atomic mass is 10.0. The highest BCUT2D eigenvalue weighted by atomic mass is 16.5. The maximum Gasteiger partial charge on any atom is 0.303 e. The zero-order chi connectivity index (χ0) is 34.6. The van der Waals surface area contributed by atoms with Crippen molar-refractivity contribution in [3.8, 4) is 0 Å². The summed E-state index contributed by atoms with van der Waals surface area (Å²) < 4.78 is 0. The molecular formula is C26H51N11O8. The average Bonchev–Trinajstić information content (AvgIpc) is 2.92. The smallest absolute Gasteiger partial charge is 0.303 e. The fourth-order valence-corrected chi connectivity index (χ4v) is 4.12. The van der Waals surface area contributed by atoms with Crippen LogP contribution >= 0.6 is 0 Å². The number of unbranched alkanes of at least 4 members (excludes halogenated alkanes) is 1. The molecule has 0 aromatic rings. The van der Waals surface area contributed by atoms with Gasteiger partial charge in [-0.1, -0.05) is 0 Å². The summed E-state index contributed by atoms with van der Waals surface area (Å²) in [7, 11) is 0. The molecule has 0 unspecified atom stereocenters. The summed E-state index contributed by atoms with van der Waals surface area (Å²) in [4.78, 5) is 70.6. The highest BCUT2D eigenvalue weighted by molar-refractivity contribution is 5.94. The highest BCUT2D eigenvalue weighted by Crippen LogP contribution is 2.14. The second kappa shape index (κ2) is 21.5. The van der Waals surface area contributed by atoms with Crippen molar-refractivity contribution in [1.82, 2.24) is 21.3 Å².